The van der Waals surface area contributed by atoms with E-state index in [2.05, 4.69) is 30.2 Å². The van der Waals surface area contributed by atoms with Crippen molar-refractivity contribution < 1.29 is 0 Å². The SMILES string of the molecule is CCCc1nccc(NC2CCC3(CCCCC3)CC2)c1CC. The summed E-state index contributed by atoms with van der Waals surface area (Å²) in [5.74, 6) is 0. The fourth-order valence-corrected chi connectivity index (χ4v) is 4.91. The van der Waals surface area contributed by atoms with Gasteiger partial charge in [-0.3, -0.25) is 4.98 Å². The minimum absolute atomic E-state index is 0.671. The summed E-state index contributed by atoms with van der Waals surface area (Å²) in [7, 11) is 0. The Hall–Kier alpha value is -1.05. The molecule has 1 heterocycles. The Labute approximate surface area is 142 Å². The summed E-state index contributed by atoms with van der Waals surface area (Å²) in [5.41, 5.74) is 4.83. The van der Waals surface area contributed by atoms with Crippen LogP contribution in [0.1, 0.15) is 89.3 Å². The maximum absolute atomic E-state index is 4.62. The van der Waals surface area contributed by atoms with Gasteiger partial charge in [-0.05, 0) is 68.4 Å². The van der Waals surface area contributed by atoms with Crippen molar-refractivity contribution in [3.8, 4) is 0 Å². The lowest BCUT2D eigenvalue weighted by Crippen LogP contribution is -2.35. The second-order valence-corrected chi connectivity index (χ2v) is 7.87. The molecule has 0 saturated heterocycles. The van der Waals surface area contributed by atoms with E-state index in [1.165, 1.54) is 81.2 Å². The summed E-state index contributed by atoms with van der Waals surface area (Å²) in [5, 5.41) is 3.88. The number of hydrogen-bond donors (Lipinski definition) is 1. The molecule has 2 aliphatic rings. The van der Waals surface area contributed by atoms with Crippen molar-refractivity contribution in [1.82, 2.24) is 4.98 Å². The first kappa shape index (κ1) is 16.8. The molecule has 0 atom stereocenters. The molecular weight excluding hydrogens is 280 g/mol. The van der Waals surface area contributed by atoms with Crippen LogP contribution < -0.4 is 5.32 Å². The number of hydrogen-bond acceptors (Lipinski definition) is 2. The van der Waals surface area contributed by atoms with Gasteiger partial charge in [0.2, 0.25) is 0 Å². The summed E-state index contributed by atoms with van der Waals surface area (Å²) in [6.45, 7) is 4.51. The number of aryl methyl sites for hydroxylation is 1. The van der Waals surface area contributed by atoms with Crippen molar-refractivity contribution in [2.24, 2.45) is 5.41 Å². The van der Waals surface area contributed by atoms with E-state index in [4.69, 9.17) is 0 Å². The third-order valence-corrected chi connectivity index (χ3v) is 6.31. The van der Waals surface area contributed by atoms with E-state index in [1.807, 2.05) is 6.20 Å². The molecule has 1 aromatic heterocycles. The quantitative estimate of drug-likeness (QED) is 0.731. The van der Waals surface area contributed by atoms with Gasteiger partial charge < -0.3 is 5.32 Å². The van der Waals surface area contributed by atoms with Crippen LogP contribution >= 0.6 is 0 Å². The van der Waals surface area contributed by atoms with Gasteiger partial charge in [0.05, 0.1) is 0 Å². The van der Waals surface area contributed by atoms with Gasteiger partial charge in [0.25, 0.3) is 0 Å². The number of pyridine rings is 1. The lowest BCUT2D eigenvalue weighted by Gasteiger charge is -2.43. The molecule has 23 heavy (non-hydrogen) atoms. The number of nitrogens with one attached hydrogen (secondary N) is 1. The smallest absolute Gasteiger partial charge is 0.0455 e. The average molecular weight is 315 g/mol. The average Bonchev–Trinajstić information content (AvgIpc) is 2.59. The molecule has 2 saturated carbocycles. The van der Waals surface area contributed by atoms with Crippen LogP contribution in [0.15, 0.2) is 12.3 Å². The van der Waals surface area contributed by atoms with Crippen molar-refractivity contribution in [2.45, 2.75) is 96.9 Å². The van der Waals surface area contributed by atoms with Crippen LogP contribution in [0.3, 0.4) is 0 Å². The first-order valence-electron chi connectivity index (χ1n) is 9.99. The molecule has 2 nitrogen and oxygen atoms in total. The van der Waals surface area contributed by atoms with Crippen molar-refractivity contribution in [3.63, 3.8) is 0 Å². The maximum Gasteiger partial charge on any atom is 0.0455 e. The van der Waals surface area contributed by atoms with Gasteiger partial charge in [-0.25, -0.2) is 0 Å². The predicted octanol–water partition coefficient (Wildman–Crippen LogP) is 5.90. The third kappa shape index (κ3) is 3.89. The number of anilines is 1. The molecule has 1 aromatic rings. The van der Waals surface area contributed by atoms with Crippen LogP contribution in [0.4, 0.5) is 5.69 Å². The van der Waals surface area contributed by atoms with Gasteiger partial charge in [-0.15, -0.1) is 0 Å². The van der Waals surface area contributed by atoms with Crippen LogP contribution in [-0.4, -0.2) is 11.0 Å². The minimum atomic E-state index is 0.671. The maximum atomic E-state index is 4.62. The molecular formula is C21H34N2. The van der Waals surface area contributed by atoms with Crippen LogP contribution in [-0.2, 0) is 12.8 Å². The van der Waals surface area contributed by atoms with Crippen molar-refractivity contribution in [1.29, 1.82) is 0 Å². The molecule has 0 amide bonds. The normalized spacial score (nSPS) is 21.5. The second kappa shape index (κ2) is 7.68. The lowest BCUT2D eigenvalue weighted by molar-refractivity contribution is 0.118. The van der Waals surface area contributed by atoms with E-state index in [9.17, 15) is 0 Å². The van der Waals surface area contributed by atoms with Gasteiger partial charge in [0.15, 0.2) is 0 Å². The van der Waals surface area contributed by atoms with E-state index < -0.39 is 0 Å². The highest BCUT2D eigenvalue weighted by Crippen LogP contribution is 2.47. The van der Waals surface area contributed by atoms with Crippen molar-refractivity contribution >= 4 is 5.69 Å². The first-order chi connectivity index (χ1) is 11.3. The predicted molar refractivity (Wildman–Crippen MR) is 99.0 cm³/mol. The highest BCUT2D eigenvalue weighted by molar-refractivity contribution is 5.53. The molecule has 0 aromatic carbocycles. The molecule has 2 aliphatic carbocycles. The van der Waals surface area contributed by atoms with Crippen LogP contribution in [0, 0.1) is 5.41 Å². The molecule has 0 bridgehead atoms. The Morgan fingerprint density at radius 3 is 2.48 bits per heavy atom. The van der Waals surface area contributed by atoms with Crippen molar-refractivity contribution in [3.05, 3.63) is 23.5 Å². The molecule has 0 radical (unpaired) electrons. The molecule has 0 unspecified atom stereocenters. The topological polar surface area (TPSA) is 24.9 Å². The van der Waals surface area contributed by atoms with Crippen molar-refractivity contribution in [2.75, 3.05) is 5.32 Å². The summed E-state index contributed by atoms with van der Waals surface area (Å²) >= 11 is 0. The highest BCUT2D eigenvalue weighted by Gasteiger charge is 2.36. The Balaban J connectivity index is 1.63. The molecule has 1 N–H and O–H groups in total. The summed E-state index contributed by atoms with van der Waals surface area (Å²) in [6.07, 6.45) is 18.4. The number of rotatable bonds is 5. The number of aromatic nitrogens is 1. The molecule has 2 fully saturated rings. The zero-order chi connectivity index (χ0) is 16.1. The summed E-state index contributed by atoms with van der Waals surface area (Å²) < 4.78 is 0. The first-order valence-corrected chi connectivity index (χ1v) is 9.99. The Morgan fingerprint density at radius 1 is 1.09 bits per heavy atom. The monoisotopic (exact) mass is 314 g/mol. The van der Waals surface area contributed by atoms with E-state index >= 15 is 0 Å². The van der Waals surface area contributed by atoms with E-state index in [1.54, 1.807) is 0 Å². The Bertz CT molecular complexity index is 493. The van der Waals surface area contributed by atoms with E-state index in [0.717, 1.165) is 18.3 Å². The zero-order valence-corrected chi connectivity index (χ0v) is 15.2. The lowest BCUT2D eigenvalue weighted by atomic mass is 9.64. The zero-order valence-electron chi connectivity index (χ0n) is 15.2. The fourth-order valence-electron chi connectivity index (χ4n) is 4.91. The van der Waals surface area contributed by atoms with Gasteiger partial charge >= 0.3 is 0 Å². The third-order valence-electron chi connectivity index (χ3n) is 6.31. The molecule has 128 valence electrons. The van der Waals surface area contributed by atoms with Crippen LogP contribution in [0.5, 0.6) is 0 Å². The molecule has 1 spiro atoms. The van der Waals surface area contributed by atoms with Gasteiger partial charge in [-0.2, -0.15) is 0 Å². The van der Waals surface area contributed by atoms with Crippen LogP contribution in [0.2, 0.25) is 0 Å². The van der Waals surface area contributed by atoms with Gasteiger partial charge in [0, 0.05) is 23.6 Å². The van der Waals surface area contributed by atoms with Crippen LogP contribution in [0.25, 0.3) is 0 Å². The summed E-state index contributed by atoms with van der Waals surface area (Å²) in [4.78, 5) is 4.62. The van der Waals surface area contributed by atoms with Gasteiger partial charge in [0.1, 0.15) is 0 Å². The molecule has 3 rings (SSSR count). The molecule has 2 heteroatoms. The molecule has 0 aliphatic heterocycles. The standard InChI is InChI=1S/C21H34N2/c1-3-8-19-18(4-2)20(11-16-22-19)23-17-9-14-21(15-10-17)12-6-5-7-13-21/h11,16-17H,3-10,12-15H2,1-2H3,(H,22,23). The minimum Gasteiger partial charge on any atom is -0.382 e. The second-order valence-electron chi connectivity index (χ2n) is 7.87. The summed E-state index contributed by atoms with van der Waals surface area (Å²) in [6, 6.07) is 2.87. The van der Waals surface area contributed by atoms with E-state index in [-0.39, 0.29) is 0 Å². The Morgan fingerprint density at radius 2 is 1.83 bits per heavy atom. The van der Waals surface area contributed by atoms with Gasteiger partial charge in [-0.1, -0.05) is 39.5 Å². The number of nitrogens with zero attached hydrogens (tertiary/aromatic N) is 1. The largest absolute Gasteiger partial charge is 0.382 e. The fraction of sp³-hybridized carbons (Fsp3) is 0.762. The van der Waals surface area contributed by atoms with E-state index in [0.29, 0.717) is 6.04 Å². The highest BCUT2D eigenvalue weighted by atomic mass is 14.9. The Kier molecular flexibility index (Phi) is 5.61.